The van der Waals surface area contributed by atoms with Gasteiger partial charge >= 0.3 is 19.8 Å². The van der Waals surface area contributed by atoms with Gasteiger partial charge in [-0.2, -0.15) is 0 Å². The topological polar surface area (TPSA) is 516 Å². The molecule has 2 heterocycles. The minimum absolute atomic E-state index is 0.0451. The second-order valence-corrected chi connectivity index (χ2v) is 27.9. The van der Waals surface area contributed by atoms with Gasteiger partial charge in [0.15, 0.2) is 0 Å². The lowest BCUT2D eigenvalue weighted by molar-refractivity contribution is -0.350. The Balaban J connectivity index is 1.76. The third-order valence-electron chi connectivity index (χ3n) is 18.3. The van der Waals surface area contributed by atoms with Crippen LogP contribution in [-0.4, -0.2) is 275 Å². The van der Waals surface area contributed by atoms with E-state index in [-0.39, 0.29) is 6.42 Å². The number of aliphatic carboxylic acids is 2. The number of carbonyl (C=O) groups is 5. The first-order valence-electron chi connectivity index (χ1n) is 35.5. The molecule has 18 N–H and O–H groups in total. The Morgan fingerprint density at radius 1 is 0.545 bits per heavy atom. The quantitative estimate of drug-likeness (QED) is 0.0232. The maximum Gasteiger partial charge on any atom is 0.472 e. The van der Waals surface area contributed by atoms with Gasteiger partial charge in [0, 0.05) is 33.5 Å². The first-order chi connectivity index (χ1) is 47.1. The van der Waals surface area contributed by atoms with Crippen LogP contribution in [0.1, 0.15) is 206 Å². The predicted octanol–water partition coefficient (Wildman–Crippen LogP) is 1.27. The third-order valence-corrected chi connectivity index (χ3v) is 19.3. The maximum absolute atomic E-state index is 13.8. The normalized spacial score (nSPS) is 29.1. The van der Waals surface area contributed by atoms with Gasteiger partial charge < -0.3 is 121 Å². The number of aliphatic hydroxyl groups excluding tert-OH is 12. The van der Waals surface area contributed by atoms with E-state index in [1.54, 1.807) is 6.08 Å². The van der Waals surface area contributed by atoms with Gasteiger partial charge in [0.1, 0.15) is 86.5 Å². The molecule has 99 heavy (non-hydrogen) atoms. The fourth-order valence-electron chi connectivity index (χ4n) is 12.5. The number of carboxylic acid groups (broad SMARTS) is 2. The molecule has 1 aliphatic carbocycles. The fourth-order valence-corrected chi connectivity index (χ4v) is 13.5. The first-order valence-corrected chi connectivity index (χ1v) is 37.0. The van der Waals surface area contributed by atoms with E-state index in [0.717, 1.165) is 91.3 Å². The molecule has 2 saturated heterocycles. The average Bonchev–Trinajstić information content (AvgIpc) is 0.760. The zero-order chi connectivity index (χ0) is 73.7. The lowest BCUT2D eigenvalue weighted by Gasteiger charge is -2.50. The van der Waals surface area contributed by atoms with Gasteiger partial charge in [-0.25, -0.2) is 14.2 Å². The SMILES string of the molecule is CCCCCCCCC/C=C/[C@@H](O)[C@H](COP(=O)(O)O[C@@H]1[C@H](O)[C@H](O[C@]2(C(=O)O)C[C@H](O)[C@@H](NC(=O)CO[C@]3(C(=O)O)C[C@H](O)[C@@H](NC(=O)CO)[C@H]([C@H](O)[C@H](O)COC)O3)[C@H]([C@H](O)[C@H](O)COC)O2)[C@@H](O)[C@H](O)[C@H]1O)NC(=O)CCCCCCCCCCCCCCCCCCCCC. The second kappa shape index (κ2) is 47.8. The number of rotatable bonds is 54. The van der Waals surface area contributed by atoms with Crippen molar-refractivity contribution in [2.75, 3.05) is 47.3 Å². The van der Waals surface area contributed by atoms with Gasteiger partial charge in [-0.15, -0.1) is 0 Å². The summed E-state index contributed by atoms with van der Waals surface area (Å²) in [4.78, 5) is 76.7. The van der Waals surface area contributed by atoms with E-state index >= 15 is 0 Å². The monoisotopic (exact) mass is 1450 g/mol. The van der Waals surface area contributed by atoms with Crippen LogP contribution < -0.4 is 16.0 Å². The van der Waals surface area contributed by atoms with Crippen LogP contribution in [0.15, 0.2) is 12.2 Å². The van der Waals surface area contributed by atoms with E-state index in [1.165, 1.54) is 89.5 Å². The molecule has 0 radical (unpaired) electrons. The van der Waals surface area contributed by atoms with Crippen molar-refractivity contribution < 1.29 is 142 Å². The number of hydrogen-bond donors (Lipinski definition) is 18. The van der Waals surface area contributed by atoms with E-state index in [1.807, 2.05) is 0 Å². The maximum atomic E-state index is 13.8. The molecule has 0 spiro atoms. The van der Waals surface area contributed by atoms with Crippen molar-refractivity contribution in [3.8, 4) is 0 Å². The average molecular weight is 1450 g/mol. The van der Waals surface area contributed by atoms with Crippen molar-refractivity contribution in [2.24, 2.45) is 0 Å². The van der Waals surface area contributed by atoms with Gasteiger partial charge in [0.05, 0.1) is 56.3 Å². The number of nitrogens with one attached hydrogen (secondary N) is 3. The van der Waals surface area contributed by atoms with Crippen LogP contribution >= 0.6 is 7.82 Å². The van der Waals surface area contributed by atoms with Crippen molar-refractivity contribution in [1.29, 1.82) is 0 Å². The molecule has 0 aromatic heterocycles. The number of phosphoric ester groups is 1. The number of hydrogen-bond acceptors (Lipinski definition) is 26. The molecule has 3 rings (SSSR count). The molecule has 21 atom stereocenters. The molecule has 1 unspecified atom stereocenters. The fraction of sp³-hybridized carbons (Fsp3) is 0.894. The van der Waals surface area contributed by atoms with Crippen LogP contribution in [0.4, 0.5) is 0 Å². The molecule has 0 aromatic rings. The highest BCUT2D eigenvalue weighted by molar-refractivity contribution is 7.47. The van der Waals surface area contributed by atoms with E-state index < -0.39 is 205 Å². The molecule has 0 bridgehead atoms. The standard InChI is InChI=1S/C66H120N3O29P/c1-5-7-9-11-13-15-16-17-18-19-20-21-22-23-24-26-28-30-32-34-48(76)67-42(43(71)33-31-29-27-25-14-12-10-8-6-2)38-94-99(89,90)98-62-57(83)55(81)56(82)61(58(62)84)97-66(64(87)88)36-45(73)52(60(96-66)54(80)47(75)40-92-4)69-50(78)41-93-65(63(85)86)35-44(72)51(68-49(77)37-70)59(95-65)53(79)46(74)39-91-3/h31,33,42-47,51-62,70-75,79-84H,5-30,32,34-41H2,1-4H3,(H,67,76)(H,68,77)(H,69,78)(H,85,86)(H,87,88)(H,89,90)/b33-31+/t42-,43+,44-,45-,46+,47+,51+,52+,53+,54+,55-,56-,57+,58+,59+,60+,61+,62-,65+,66-/m0/s1. The summed E-state index contributed by atoms with van der Waals surface area (Å²) in [5.74, 6) is -13.8. The molecule has 578 valence electrons. The largest absolute Gasteiger partial charge is 0.477 e. The summed E-state index contributed by atoms with van der Waals surface area (Å²) in [6.45, 7) is -0.448. The number of carbonyl (C=O) groups excluding carboxylic acids is 3. The van der Waals surface area contributed by atoms with E-state index in [9.17, 15) is 105 Å². The highest BCUT2D eigenvalue weighted by Gasteiger charge is 2.62. The number of allylic oxidation sites excluding steroid dienone is 1. The Bertz CT molecular complexity index is 2370. The number of amides is 3. The number of unbranched alkanes of at least 4 members (excludes halogenated alkanes) is 25. The smallest absolute Gasteiger partial charge is 0.472 e. The molecule has 3 fully saturated rings. The van der Waals surface area contributed by atoms with Crippen molar-refractivity contribution in [3.05, 3.63) is 12.2 Å². The second-order valence-electron chi connectivity index (χ2n) is 26.5. The summed E-state index contributed by atoms with van der Waals surface area (Å²) < 4.78 is 56.3. The summed E-state index contributed by atoms with van der Waals surface area (Å²) in [7, 11) is -3.43. The number of aliphatic hydroxyl groups is 12. The molecule has 3 amide bonds. The van der Waals surface area contributed by atoms with Crippen molar-refractivity contribution in [3.63, 3.8) is 0 Å². The third kappa shape index (κ3) is 30.6. The number of phosphoric acid groups is 1. The molecule has 2 aliphatic heterocycles. The Morgan fingerprint density at radius 3 is 1.40 bits per heavy atom. The minimum Gasteiger partial charge on any atom is -0.477 e. The lowest BCUT2D eigenvalue weighted by Crippen LogP contribution is -2.71. The number of methoxy groups -OCH3 is 2. The van der Waals surface area contributed by atoms with Crippen molar-refractivity contribution in [1.82, 2.24) is 16.0 Å². The molecule has 0 aromatic carbocycles. The summed E-state index contributed by atoms with van der Waals surface area (Å²) in [6, 6.07) is -5.17. The van der Waals surface area contributed by atoms with E-state index in [2.05, 4.69) is 29.8 Å². The van der Waals surface area contributed by atoms with Gasteiger partial charge in [-0.1, -0.05) is 180 Å². The lowest BCUT2D eigenvalue weighted by atomic mass is 9.84. The summed E-state index contributed by atoms with van der Waals surface area (Å²) >= 11 is 0. The number of ether oxygens (including phenoxy) is 6. The van der Waals surface area contributed by atoms with Gasteiger partial charge in [0.2, 0.25) is 17.7 Å². The number of carboxylic acids is 2. The van der Waals surface area contributed by atoms with E-state index in [0.29, 0.717) is 12.8 Å². The highest BCUT2D eigenvalue weighted by atomic mass is 31.2. The zero-order valence-electron chi connectivity index (χ0n) is 58.2. The van der Waals surface area contributed by atoms with E-state index in [4.69, 9.17) is 37.5 Å². The highest BCUT2D eigenvalue weighted by Crippen LogP contribution is 2.48. The molecule has 3 aliphatic rings. The summed E-state index contributed by atoms with van der Waals surface area (Å²) in [6.07, 6.45) is -3.24. The van der Waals surface area contributed by atoms with Crippen LogP contribution in [0.2, 0.25) is 0 Å². The molecule has 32 nitrogen and oxygen atoms in total. The molecular weight excluding hydrogens is 1330 g/mol. The van der Waals surface area contributed by atoms with Gasteiger partial charge in [-0.05, 0) is 19.3 Å². The van der Waals surface area contributed by atoms with Crippen molar-refractivity contribution >= 4 is 37.5 Å². The minimum atomic E-state index is -5.63. The van der Waals surface area contributed by atoms with Crippen LogP contribution in [-0.2, 0) is 66.0 Å². The summed E-state index contributed by atoms with van der Waals surface area (Å²) in [5.41, 5.74) is 0. The Hall–Kier alpha value is -3.52. The van der Waals surface area contributed by atoms with Gasteiger partial charge in [-0.3, -0.25) is 23.4 Å². The van der Waals surface area contributed by atoms with Gasteiger partial charge in [0.25, 0.3) is 11.6 Å². The first kappa shape index (κ1) is 89.7. The Morgan fingerprint density at radius 2 is 0.960 bits per heavy atom. The van der Waals surface area contributed by atoms with Crippen LogP contribution in [0.3, 0.4) is 0 Å². The Labute approximate surface area is 581 Å². The van der Waals surface area contributed by atoms with Crippen LogP contribution in [0, 0.1) is 0 Å². The van der Waals surface area contributed by atoms with Crippen molar-refractivity contribution in [2.45, 2.75) is 328 Å². The predicted molar refractivity (Wildman–Crippen MR) is 354 cm³/mol. The molecular formula is C66H120N3O29P. The van der Waals surface area contributed by atoms with Crippen LogP contribution in [0.25, 0.3) is 0 Å². The zero-order valence-corrected chi connectivity index (χ0v) is 59.1. The summed E-state index contributed by atoms with van der Waals surface area (Å²) in [5, 5.41) is 161. The molecule has 1 saturated carbocycles. The molecule has 33 heteroatoms. The Kier molecular flexibility index (Phi) is 43.3. The van der Waals surface area contributed by atoms with Crippen LogP contribution in [0.5, 0.6) is 0 Å².